The molecule has 0 atom stereocenters. The molecular weight excluding hydrogens is 170 g/mol. The Morgan fingerprint density at radius 2 is 2.00 bits per heavy atom. The molecule has 0 saturated heterocycles. The summed E-state index contributed by atoms with van der Waals surface area (Å²) >= 11 is 0. The second-order valence-electron chi connectivity index (χ2n) is 3.35. The lowest BCUT2D eigenvalue weighted by Crippen LogP contribution is -1.97. The minimum Gasteiger partial charge on any atom is -0.262 e. The van der Waals surface area contributed by atoms with Crippen molar-refractivity contribution in [3.05, 3.63) is 36.1 Å². The lowest BCUT2D eigenvalue weighted by Gasteiger charge is -2.05. The maximum absolute atomic E-state index is 4.22. The summed E-state index contributed by atoms with van der Waals surface area (Å²) in [6.45, 7) is 12.0. The number of nitrogens with zero attached hydrogens (tertiary/aromatic N) is 1. The van der Waals surface area contributed by atoms with Crippen molar-refractivity contribution in [3.8, 4) is 0 Å². The van der Waals surface area contributed by atoms with E-state index in [4.69, 9.17) is 0 Å². The summed E-state index contributed by atoms with van der Waals surface area (Å²) in [4.78, 5) is 4.22. The van der Waals surface area contributed by atoms with Gasteiger partial charge in [-0.05, 0) is 32.8 Å². The van der Waals surface area contributed by atoms with Crippen LogP contribution in [0.15, 0.2) is 41.1 Å². The molecule has 0 fully saturated rings. The van der Waals surface area contributed by atoms with Crippen LogP contribution in [0.5, 0.6) is 0 Å². The summed E-state index contributed by atoms with van der Waals surface area (Å²) in [6, 6.07) is 0. The highest BCUT2D eigenvalue weighted by Crippen LogP contribution is 2.11. The van der Waals surface area contributed by atoms with Crippen molar-refractivity contribution < 1.29 is 0 Å². The predicted octanol–water partition coefficient (Wildman–Crippen LogP) is 4.28. The first-order chi connectivity index (χ1) is 6.65. The average Bonchev–Trinajstić information content (AvgIpc) is 2.17. The molecule has 78 valence electrons. The molecule has 0 rings (SSSR count). The van der Waals surface area contributed by atoms with E-state index < -0.39 is 0 Å². The van der Waals surface area contributed by atoms with Gasteiger partial charge in [0.25, 0.3) is 0 Å². The normalized spacial score (nSPS) is 14.4. The van der Waals surface area contributed by atoms with Crippen LogP contribution in [-0.2, 0) is 0 Å². The fourth-order valence-electron chi connectivity index (χ4n) is 1.20. The molecule has 0 aliphatic rings. The smallest absolute Gasteiger partial charge is 0.0404 e. The van der Waals surface area contributed by atoms with Gasteiger partial charge < -0.3 is 0 Å². The second-order valence-corrected chi connectivity index (χ2v) is 3.35. The highest BCUT2D eigenvalue weighted by Gasteiger charge is 1.99. The van der Waals surface area contributed by atoms with E-state index in [-0.39, 0.29) is 0 Å². The largest absolute Gasteiger partial charge is 0.262 e. The van der Waals surface area contributed by atoms with E-state index in [2.05, 4.69) is 44.5 Å². The van der Waals surface area contributed by atoms with Gasteiger partial charge in [-0.15, -0.1) is 0 Å². The third kappa shape index (κ3) is 4.80. The highest BCUT2D eigenvalue weighted by atomic mass is 14.7. The van der Waals surface area contributed by atoms with Crippen molar-refractivity contribution >= 4 is 5.71 Å². The van der Waals surface area contributed by atoms with Gasteiger partial charge in [0, 0.05) is 11.9 Å². The molecule has 0 unspecified atom stereocenters. The minimum atomic E-state index is 1.07. The van der Waals surface area contributed by atoms with Crippen LogP contribution in [0, 0.1) is 0 Å². The Kier molecular flexibility index (Phi) is 6.73. The molecule has 14 heavy (non-hydrogen) atoms. The Bertz CT molecular complexity index is 267. The fourth-order valence-corrected chi connectivity index (χ4v) is 1.20. The molecule has 0 radical (unpaired) electrons. The van der Waals surface area contributed by atoms with Crippen LogP contribution in [-0.4, -0.2) is 5.71 Å². The summed E-state index contributed by atoms with van der Waals surface area (Å²) in [5, 5.41) is 0. The molecule has 0 heterocycles. The second kappa shape index (κ2) is 7.31. The molecule has 0 amide bonds. The van der Waals surface area contributed by atoms with E-state index >= 15 is 0 Å². The Labute approximate surface area is 87.9 Å². The van der Waals surface area contributed by atoms with Crippen LogP contribution >= 0.6 is 0 Å². The molecule has 0 N–H and O–H groups in total. The quantitative estimate of drug-likeness (QED) is 0.454. The Morgan fingerprint density at radius 3 is 2.43 bits per heavy atom. The van der Waals surface area contributed by atoms with E-state index in [1.807, 2.05) is 6.92 Å². The van der Waals surface area contributed by atoms with Crippen molar-refractivity contribution in [3.63, 3.8) is 0 Å². The van der Waals surface area contributed by atoms with Crippen LogP contribution in [0.1, 0.15) is 40.5 Å². The summed E-state index contributed by atoms with van der Waals surface area (Å²) in [7, 11) is 0. The SMILES string of the molecule is C=CN=C(C)/C(=C\C(C)=C\C)CCC. The Morgan fingerprint density at radius 1 is 1.36 bits per heavy atom. The number of hydrogen-bond acceptors (Lipinski definition) is 1. The predicted molar refractivity (Wildman–Crippen MR) is 65.7 cm³/mol. The molecule has 0 aromatic heterocycles. The lowest BCUT2D eigenvalue weighted by molar-refractivity contribution is 0.932. The standard InChI is InChI=1S/C13H21N/c1-6-9-13(10-11(4)7-2)12(5)14-8-3/h7-8,10H,3,6,9H2,1-2,4-5H3/b11-7+,13-10-,14-12?. The van der Waals surface area contributed by atoms with Gasteiger partial charge in [0.05, 0.1) is 0 Å². The van der Waals surface area contributed by atoms with Crippen LogP contribution in [0.2, 0.25) is 0 Å². The molecule has 0 aromatic rings. The lowest BCUT2D eigenvalue weighted by atomic mass is 10.0. The van der Waals surface area contributed by atoms with Gasteiger partial charge in [0.15, 0.2) is 0 Å². The average molecular weight is 191 g/mol. The third-order valence-electron chi connectivity index (χ3n) is 2.13. The van der Waals surface area contributed by atoms with Crippen molar-refractivity contribution in [2.24, 2.45) is 4.99 Å². The summed E-state index contributed by atoms with van der Waals surface area (Å²) < 4.78 is 0. The number of rotatable bonds is 5. The molecule has 1 heteroatoms. The molecular formula is C13H21N. The molecule has 0 aromatic carbocycles. The molecule has 0 saturated carbocycles. The van der Waals surface area contributed by atoms with Crippen molar-refractivity contribution in [2.45, 2.75) is 40.5 Å². The van der Waals surface area contributed by atoms with Gasteiger partial charge in [-0.25, -0.2) is 0 Å². The van der Waals surface area contributed by atoms with Gasteiger partial charge in [-0.2, -0.15) is 0 Å². The summed E-state index contributed by atoms with van der Waals surface area (Å²) in [5.74, 6) is 0. The molecule has 0 aliphatic heterocycles. The molecule has 0 bridgehead atoms. The van der Waals surface area contributed by atoms with E-state index in [1.165, 1.54) is 11.1 Å². The van der Waals surface area contributed by atoms with Crippen LogP contribution in [0.3, 0.4) is 0 Å². The highest BCUT2D eigenvalue weighted by molar-refractivity contribution is 5.98. The van der Waals surface area contributed by atoms with Crippen LogP contribution in [0.25, 0.3) is 0 Å². The van der Waals surface area contributed by atoms with E-state index in [1.54, 1.807) is 6.20 Å². The number of hydrogen-bond donors (Lipinski definition) is 0. The first-order valence-corrected chi connectivity index (χ1v) is 5.14. The third-order valence-corrected chi connectivity index (χ3v) is 2.13. The Hall–Kier alpha value is -1.11. The summed E-state index contributed by atoms with van der Waals surface area (Å²) in [6.07, 6.45) is 8.13. The molecule has 0 spiro atoms. The minimum absolute atomic E-state index is 1.07. The van der Waals surface area contributed by atoms with Crippen molar-refractivity contribution in [1.82, 2.24) is 0 Å². The Balaban J connectivity index is 4.84. The fraction of sp³-hybridized carbons (Fsp3) is 0.462. The van der Waals surface area contributed by atoms with Gasteiger partial charge in [-0.1, -0.05) is 37.6 Å². The molecule has 1 nitrogen and oxygen atoms in total. The van der Waals surface area contributed by atoms with E-state index in [9.17, 15) is 0 Å². The van der Waals surface area contributed by atoms with Crippen molar-refractivity contribution in [2.75, 3.05) is 0 Å². The monoisotopic (exact) mass is 191 g/mol. The zero-order chi connectivity index (χ0) is 11.0. The van der Waals surface area contributed by atoms with E-state index in [0.717, 1.165) is 18.6 Å². The number of aliphatic imine (C=N–C) groups is 1. The maximum atomic E-state index is 4.22. The van der Waals surface area contributed by atoms with E-state index in [0.29, 0.717) is 0 Å². The van der Waals surface area contributed by atoms with Gasteiger partial charge in [0.2, 0.25) is 0 Å². The van der Waals surface area contributed by atoms with Gasteiger partial charge in [0.1, 0.15) is 0 Å². The van der Waals surface area contributed by atoms with Crippen LogP contribution < -0.4 is 0 Å². The topological polar surface area (TPSA) is 12.4 Å². The number of allylic oxidation sites excluding steroid dienone is 4. The van der Waals surface area contributed by atoms with Gasteiger partial charge >= 0.3 is 0 Å². The zero-order valence-corrected chi connectivity index (χ0v) is 9.80. The first-order valence-electron chi connectivity index (χ1n) is 5.14. The zero-order valence-electron chi connectivity index (χ0n) is 9.80. The van der Waals surface area contributed by atoms with Gasteiger partial charge in [-0.3, -0.25) is 4.99 Å². The van der Waals surface area contributed by atoms with Crippen molar-refractivity contribution in [1.29, 1.82) is 0 Å². The maximum Gasteiger partial charge on any atom is 0.0404 e. The molecule has 0 aliphatic carbocycles. The summed E-state index contributed by atoms with van der Waals surface area (Å²) in [5.41, 5.74) is 3.66. The first kappa shape index (κ1) is 12.9. The van der Waals surface area contributed by atoms with Crippen LogP contribution in [0.4, 0.5) is 0 Å².